The van der Waals surface area contributed by atoms with E-state index in [9.17, 15) is 136 Å². The molecule has 9 aliphatic heterocycles. The number of methoxy groups -OCH3 is 1. The van der Waals surface area contributed by atoms with Crippen molar-refractivity contribution in [3.05, 3.63) is 202 Å². The standard InChI is InChI=1S/C57H66N6O27.C34H37N3O13/c1-26-16-29-33(60(52(74)31-6-3-12-58(31)50(29)72)56(76)85-24-27-8-10-37(35(17-27)62(78)79)87-54-48(70)46(68)44(66)42(22-64)89-54)20-39(26)83-14-5-15-84-41-21-34-30(19-40(41)82-2)51(73)59-13-4-7-32(59)53(75)61(34)57(77)86-25-28-9-11-38(36(18-28)63(80)81)88-55-49(71)47(69)45(67)43(23-65)90-55;1-18-12-21-23(14-26(18)47-16-19-6-3-2-4-7-19)36(32(43)22-8-5-11-35(22)31(21)42)34(44)48-17-20-9-10-25(24(13-20)37(45)46)49-33-30(41)29(40)28(39)27(15-38)50-33/h8-11,16-21,31-32,42-49,52-55,64-71,74-75H,3-7,12-15,22-25H2,1-2H3;2-4,6-7,9-10,12-14,22,27-30,32-33,38-41,43H,5,8,11,15-17H2,1H3/t31-,32-,42+,43+,44-,45-,46-,47-,48+,49+,52?,53?,54+,55+;22-,27+,28-,29-,30+,32?,33+/m00/s1. The minimum absolute atomic E-state index is 0.0112. The summed E-state index contributed by atoms with van der Waals surface area (Å²) in [4.78, 5) is 125. The Bertz CT molecular complexity index is 5760. The second kappa shape index (κ2) is 43.3. The van der Waals surface area contributed by atoms with Gasteiger partial charge in [-0.15, -0.1) is 0 Å². The summed E-state index contributed by atoms with van der Waals surface area (Å²) < 4.78 is 73.4. The van der Waals surface area contributed by atoms with Crippen LogP contribution in [-0.4, -0.2) is 331 Å². The van der Waals surface area contributed by atoms with Crippen molar-refractivity contribution in [2.75, 3.05) is 74.5 Å². The highest BCUT2D eigenvalue weighted by molar-refractivity contribution is 6.08. The minimum atomic E-state index is -1.88. The average Bonchev–Trinajstić information content (AvgIpc) is 1.61. The Morgan fingerprint density at radius 2 is 0.700 bits per heavy atom. The van der Waals surface area contributed by atoms with E-state index in [1.807, 2.05) is 30.3 Å². The van der Waals surface area contributed by atoms with E-state index < -0.39 is 242 Å². The van der Waals surface area contributed by atoms with Crippen LogP contribution in [0.3, 0.4) is 0 Å². The number of ether oxygens (including phenoxy) is 13. The molecule has 16 rings (SSSR count). The fraction of sp³-hybridized carbons (Fsp3) is 0.473. The number of carbonyl (C=O) groups is 6. The summed E-state index contributed by atoms with van der Waals surface area (Å²) in [5, 5.41) is 192. The fourth-order valence-corrected chi connectivity index (χ4v) is 18.0. The van der Waals surface area contributed by atoms with Gasteiger partial charge in [-0.05, 0) is 122 Å². The molecule has 6 saturated heterocycles. The maximum atomic E-state index is 14.2. The molecule has 49 nitrogen and oxygen atoms in total. The largest absolute Gasteiger partial charge is 0.493 e. The van der Waals surface area contributed by atoms with Crippen molar-refractivity contribution in [1.29, 1.82) is 0 Å². The monoisotopic (exact) mass is 1960 g/mol. The van der Waals surface area contributed by atoms with Gasteiger partial charge >= 0.3 is 35.3 Å². The minimum Gasteiger partial charge on any atom is -0.493 e. The maximum Gasteiger partial charge on any atom is 0.416 e. The van der Waals surface area contributed by atoms with E-state index in [1.165, 1.54) is 76.4 Å². The summed E-state index contributed by atoms with van der Waals surface area (Å²) in [7, 11) is 1.32. The molecule has 0 spiro atoms. The van der Waals surface area contributed by atoms with Crippen molar-refractivity contribution in [1.82, 2.24) is 14.7 Å². The third-order valence-corrected chi connectivity index (χ3v) is 25.5. The molecule has 7 aromatic rings. The first kappa shape index (κ1) is 101. The summed E-state index contributed by atoms with van der Waals surface area (Å²) in [6, 6.07) is 26.1. The molecule has 0 aliphatic carbocycles. The molecule has 9 heterocycles. The normalized spacial score (nSPS) is 27.3. The summed E-state index contributed by atoms with van der Waals surface area (Å²) in [6.07, 6.45) is -30.5. The molecule has 752 valence electrons. The molecular weight excluding hydrogens is 1860 g/mol. The smallest absolute Gasteiger partial charge is 0.416 e. The Kier molecular flexibility index (Phi) is 31.3. The molecule has 15 N–H and O–H groups in total. The summed E-state index contributed by atoms with van der Waals surface area (Å²) >= 11 is 0. The van der Waals surface area contributed by atoms with Gasteiger partial charge in [-0.3, -0.25) is 44.7 Å². The zero-order chi connectivity index (χ0) is 100. The van der Waals surface area contributed by atoms with Crippen molar-refractivity contribution in [2.45, 2.75) is 214 Å². The Labute approximate surface area is 793 Å². The lowest BCUT2D eigenvalue weighted by atomic mass is 9.99. The van der Waals surface area contributed by atoms with Crippen molar-refractivity contribution < 1.29 is 182 Å². The summed E-state index contributed by atoms with van der Waals surface area (Å²) in [5.41, 5.74) is 0.337. The number of aliphatic hydroxyl groups is 15. The topological polar surface area (TPSA) is 675 Å². The Morgan fingerprint density at radius 1 is 0.379 bits per heavy atom. The van der Waals surface area contributed by atoms with Gasteiger partial charge in [-0.1, -0.05) is 48.5 Å². The van der Waals surface area contributed by atoms with Crippen LogP contribution in [0.2, 0.25) is 0 Å². The van der Waals surface area contributed by atoms with Crippen molar-refractivity contribution in [3.63, 3.8) is 0 Å². The van der Waals surface area contributed by atoms with Crippen LogP contribution in [0.25, 0.3) is 0 Å². The number of fused-ring (bicyclic) bond motifs is 6. The van der Waals surface area contributed by atoms with E-state index in [-0.39, 0.29) is 119 Å². The van der Waals surface area contributed by atoms with Crippen molar-refractivity contribution >= 4 is 70.1 Å². The zero-order valence-electron chi connectivity index (χ0n) is 75.0. The molecular formula is C91H103N9O40. The van der Waals surface area contributed by atoms with E-state index in [4.69, 9.17) is 61.6 Å². The number of rotatable bonds is 28. The number of carbonyl (C=O) groups excluding carboxylic acids is 6. The van der Waals surface area contributed by atoms with Crippen LogP contribution in [0.15, 0.2) is 121 Å². The lowest BCUT2D eigenvalue weighted by Crippen LogP contribution is -2.60. The first-order valence-corrected chi connectivity index (χ1v) is 44.6. The van der Waals surface area contributed by atoms with Gasteiger partial charge in [0, 0.05) is 62.5 Å². The van der Waals surface area contributed by atoms with Crippen molar-refractivity contribution in [3.8, 4) is 40.2 Å². The zero-order valence-corrected chi connectivity index (χ0v) is 75.0. The first-order valence-electron chi connectivity index (χ1n) is 44.6. The van der Waals surface area contributed by atoms with Crippen LogP contribution in [0, 0.1) is 44.2 Å². The number of nitro groups is 3. The molecule has 3 unspecified atom stereocenters. The number of amides is 6. The molecule has 7 aromatic carbocycles. The van der Waals surface area contributed by atoms with E-state index in [2.05, 4.69) is 0 Å². The number of hydrogen-bond acceptors (Lipinski definition) is 40. The van der Waals surface area contributed by atoms with Crippen LogP contribution in [-0.2, 0) is 54.8 Å². The highest BCUT2D eigenvalue weighted by Gasteiger charge is 2.53. The third-order valence-electron chi connectivity index (χ3n) is 25.5. The maximum absolute atomic E-state index is 14.2. The number of anilines is 3. The van der Waals surface area contributed by atoms with Gasteiger partial charge in [-0.2, -0.15) is 0 Å². The van der Waals surface area contributed by atoms with Crippen LogP contribution < -0.4 is 47.9 Å². The molecule has 140 heavy (non-hydrogen) atoms. The lowest BCUT2D eigenvalue weighted by molar-refractivity contribution is -0.387. The van der Waals surface area contributed by atoms with Crippen LogP contribution >= 0.6 is 0 Å². The quantitative estimate of drug-likeness (QED) is 0.0144. The number of aliphatic hydroxyl groups excluding tert-OH is 15. The van der Waals surface area contributed by atoms with Gasteiger partial charge < -0.3 is 153 Å². The number of benzene rings is 7. The lowest BCUT2D eigenvalue weighted by Gasteiger charge is -2.39. The van der Waals surface area contributed by atoms with Crippen LogP contribution in [0.1, 0.15) is 109 Å². The molecule has 0 bridgehead atoms. The number of hydrogen-bond donors (Lipinski definition) is 15. The second-order valence-corrected chi connectivity index (χ2v) is 34.4. The molecule has 0 radical (unpaired) electrons. The van der Waals surface area contributed by atoms with E-state index in [0.717, 1.165) is 50.6 Å². The molecule has 0 saturated carbocycles. The average molecular weight is 1960 g/mol. The summed E-state index contributed by atoms with van der Waals surface area (Å²) in [5.74, 6) is -1.99. The number of nitrogens with zero attached hydrogens (tertiary/aromatic N) is 9. The molecule has 49 heteroatoms. The van der Waals surface area contributed by atoms with Crippen LogP contribution in [0.5, 0.6) is 40.2 Å². The van der Waals surface area contributed by atoms with Gasteiger partial charge in [0.1, 0.15) is 111 Å². The predicted molar refractivity (Wildman–Crippen MR) is 472 cm³/mol. The SMILES string of the molecule is COc1cc2c(cc1OCCCOc1cc3c(cc1C)C(=O)N1CCC[C@H]1C(O)N3C(=O)OCc1ccc(O[C@@H]3O[C@H](CO)[C@H](O)[C@H](O)[C@H]3O)c([N+](=O)[O-])c1)N(C(=O)OCc1ccc(O[C@@H]3O[C@H](CO)[C@H](O)[C@H](O)[C@H]3O)c([N+](=O)[O-])c1)C(O)[C@@H]1CCCN1C2=O.Cc1cc2c(cc1OCc1ccccc1)N(C(=O)OCc1ccc(O[C@@H]3O[C@H](CO)[C@H](O)[C@H](O)[C@H]3O)c([N+](=O)[O-])c1)C(O)[C@@H]1CCCN1C2=O. The molecule has 6 fully saturated rings. The van der Waals surface area contributed by atoms with Crippen LogP contribution in [0.4, 0.5) is 48.5 Å². The molecule has 0 aromatic heterocycles. The van der Waals surface area contributed by atoms with E-state index in [0.29, 0.717) is 61.9 Å². The Morgan fingerprint density at radius 3 is 1.03 bits per heavy atom. The third kappa shape index (κ3) is 20.7. The Hall–Kier alpha value is -13.2. The number of aryl methyl sites for hydroxylation is 2. The predicted octanol–water partition coefficient (Wildman–Crippen LogP) is 1.93. The van der Waals surface area contributed by atoms with Gasteiger partial charge in [0.05, 0.1) is 107 Å². The Balaban J connectivity index is 0.000000249. The fourth-order valence-electron chi connectivity index (χ4n) is 18.0. The highest BCUT2D eigenvalue weighted by Crippen LogP contribution is 2.46. The second-order valence-electron chi connectivity index (χ2n) is 34.4. The van der Waals surface area contributed by atoms with Gasteiger partial charge in [0.25, 0.3) is 17.7 Å². The van der Waals surface area contributed by atoms with Gasteiger partial charge in [0.15, 0.2) is 47.4 Å². The summed E-state index contributed by atoms with van der Waals surface area (Å²) in [6.45, 7) is 0.408. The van der Waals surface area contributed by atoms with E-state index in [1.54, 1.807) is 19.9 Å². The van der Waals surface area contributed by atoms with Crippen molar-refractivity contribution in [2.24, 2.45) is 0 Å². The first-order chi connectivity index (χ1) is 67.0. The van der Waals surface area contributed by atoms with Gasteiger partial charge in [-0.25, -0.2) is 29.1 Å². The molecule has 21 atom stereocenters. The van der Waals surface area contributed by atoms with Gasteiger partial charge in [0.2, 0.25) is 18.9 Å². The van der Waals surface area contributed by atoms with E-state index >= 15 is 0 Å². The molecule has 9 aliphatic rings. The molecule has 6 amide bonds. The highest BCUT2D eigenvalue weighted by atomic mass is 16.7. The number of nitro benzene ring substituents is 3.